The van der Waals surface area contributed by atoms with Crippen LogP contribution in [0.2, 0.25) is 0 Å². The molecule has 3 rings (SSSR count). The van der Waals surface area contributed by atoms with Crippen LogP contribution in [0.1, 0.15) is 17.5 Å². The lowest BCUT2D eigenvalue weighted by molar-refractivity contribution is -0.121. The molecule has 3 aromatic rings. The molecule has 0 saturated heterocycles. The van der Waals surface area contributed by atoms with Crippen LogP contribution in [0.25, 0.3) is 11.3 Å². The summed E-state index contributed by atoms with van der Waals surface area (Å²) in [7, 11) is 1.60. The van der Waals surface area contributed by atoms with Crippen molar-refractivity contribution in [3.05, 3.63) is 71.7 Å². The van der Waals surface area contributed by atoms with E-state index in [0.717, 1.165) is 16.9 Å². The highest BCUT2D eigenvalue weighted by atomic mass is 19.1. The molecule has 26 heavy (non-hydrogen) atoms. The summed E-state index contributed by atoms with van der Waals surface area (Å²) in [5.41, 5.74) is 2.92. The number of carbonyl (C=O) groups excluding carboxylic acids is 1. The lowest BCUT2D eigenvalue weighted by Gasteiger charge is -2.07. The lowest BCUT2D eigenvalue weighted by atomic mass is 10.0. The molecule has 1 aromatic heterocycles. The first-order valence-corrected chi connectivity index (χ1v) is 8.24. The summed E-state index contributed by atoms with van der Waals surface area (Å²) in [6.45, 7) is 0.427. The number of rotatable bonds is 7. The maximum Gasteiger partial charge on any atom is 0.220 e. The standard InChI is InChI=1S/C20H19FN2O3/c1-25-18-7-2-4-14(10-18)12-22-19(24)9-8-16-13-26-23-20(16)15-5-3-6-17(21)11-15/h2-7,10-11,13H,8-9,12H2,1H3,(H,22,24). The molecule has 1 amide bonds. The molecular weight excluding hydrogens is 335 g/mol. The van der Waals surface area contributed by atoms with Gasteiger partial charge in [-0.3, -0.25) is 4.79 Å². The van der Waals surface area contributed by atoms with E-state index in [0.29, 0.717) is 24.2 Å². The average Bonchev–Trinajstić information content (AvgIpc) is 3.13. The Morgan fingerprint density at radius 2 is 2.08 bits per heavy atom. The van der Waals surface area contributed by atoms with E-state index >= 15 is 0 Å². The fraction of sp³-hybridized carbons (Fsp3) is 0.200. The van der Waals surface area contributed by atoms with Crippen molar-refractivity contribution in [3.8, 4) is 17.0 Å². The normalized spacial score (nSPS) is 10.5. The number of ether oxygens (including phenoxy) is 1. The van der Waals surface area contributed by atoms with Crippen molar-refractivity contribution >= 4 is 5.91 Å². The van der Waals surface area contributed by atoms with Gasteiger partial charge >= 0.3 is 0 Å². The van der Waals surface area contributed by atoms with Crippen molar-refractivity contribution in [2.45, 2.75) is 19.4 Å². The molecule has 0 aliphatic rings. The minimum absolute atomic E-state index is 0.0841. The third-order valence-electron chi connectivity index (χ3n) is 3.99. The van der Waals surface area contributed by atoms with Gasteiger partial charge in [-0.15, -0.1) is 0 Å². The SMILES string of the molecule is COc1cccc(CNC(=O)CCc2conc2-c2cccc(F)c2)c1. The summed E-state index contributed by atoms with van der Waals surface area (Å²) in [6.07, 6.45) is 2.24. The van der Waals surface area contributed by atoms with E-state index in [1.54, 1.807) is 19.2 Å². The van der Waals surface area contributed by atoms with E-state index in [1.165, 1.54) is 18.4 Å². The highest BCUT2D eigenvalue weighted by Crippen LogP contribution is 2.23. The number of nitrogens with one attached hydrogen (secondary N) is 1. The number of halogens is 1. The van der Waals surface area contributed by atoms with E-state index in [2.05, 4.69) is 10.5 Å². The third-order valence-corrected chi connectivity index (χ3v) is 3.99. The van der Waals surface area contributed by atoms with Crippen LogP contribution in [0, 0.1) is 5.82 Å². The minimum atomic E-state index is -0.340. The number of hydrogen-bond acceptors (Lipinski definition) is 4. The number of methoxy groups -OCH3 is 1. The Morgan fingerprint density at radius 1 is 1.23 bits per heavy atom. The molecule has 6 heteroatoms. The number of aromatic nitrogens is 1. The van der Waals surface area contributed by atoms with Crippen molar-refractivity contribution < 1.29 is 18.4 Å². The Kier molecular flexibility index (Phi) is 5.63. The maximum atomic E-state index is 13.4. The zero-order valence-corrected chi connectivity index (χ0v) is 14.4. The van der Waals surface area contributed by atoms with Crippen molar-refractivity contribution in [2.75, 3.05) is 7.11 Å². The number of aryl methyl sites for hydroxylation is 1. The molecule has 0 fully saturated rings. The van der Waals surface area contributed by atoms with Gasteiger partial charge in [-0.1, -0.05) is 29.4 Å². The van der Waals surface area contributed by atoms with Gasteiger partial charge in [0.15, 0.2) is 0 Å². The zero-order chi connectivity index (χ0) is 18.4. The fourth-order valence-corrected chi connectivity index (χ4v) is 2.63. The quantitative estimate of drug-likeness (QED) is 0.702. The molecule has 5 nitrogen and oxygen atoms in total. The molecule has 0 radical (unpaired) electrons. The zero-order valence-electron chi connectivity index (χ0n) is 14.4. The molecule has 1 heterocycles. The number of nitrogens with zero attached hydrogens (tertiary/aromatic N) is 1. The van der Waals surface area contributed by atoms with E-state index in [9.17, 15) is 9.18 Å². The van der Waals surface area contributed by atoms with Crippen molar-refractivity contribution in [2.24, 2.45) is 0 Å². The van der Waals surface area contributed by atoms with Crippen molar-refractivity contribution in [1.29, 1.82) is 0 Å². The van der Waals surface area contributed by atoms with Gasteiger partial charge in [0, 0.05) is 24.1 Å². The van der Waals surface area contributed by atoms with Crippen LogP contribution in [0.15, 0.2) is 59.3 Å². The first-order chi connectivity index (χ1) is 12.7. The van der Waals surface area contributed by atoms with Gasteiger partial charge in [-0.25, -0.2) is 4.39 Å². The van der Waals surface area contributed by atoms with Crippen molar-refractivity contribution in [3.63, 3.8) is 0 Å². The highest BCUT2D eigenvalue weighted by molar-refractivity contribution is 5.76. The Labute approximate surface area is 150 Å². The van der Waals surface area contributed by atoms with Crippen LogP contribution in [0.4, 0.5) is 4.39 Å². The molecule has 0 spiro atoms. The predicted molar refractivity (Wildman–Crippen MR) is 95.1 cm³/mol. The fourth-order valence-electron chi connectivity index (χ4n) is 2.63. The van der Waals surface area contributed by atoms with Gasteiger partial charge in [0.25, 0.3) is 0 Å². The van der Waals surface area contributed by atoms with Gasteiger partial charge in [0.05, 0.1) is 7.11 Å². The summed E-state index contributed by atoms with van der Waals surface area (Å²) >= 11 is 0. The van der Waals surface area contributed by atoms with E-state index in [-0.39, 0.29) is 18.1 Å². The maximum absolute atomic E-state index is 13.4. The van der Waals surface area contributed by atoms with E-state index in [1.807, 2.05) is 24.3 Å². The summed E-state index contributed by atoms with van der Waals surface area (Å²) in [4.78, 5) is 12.1. The van der Waals surface area contributed by atoms with Crippen LogP contribution < -0.4 is 10.1 Å². The van der Waals surface area contributed by atoms with Gasteiger partial charge in [-0.05, 0) is 36.2 Å². The topological polar surface area (TPSA) is 64.4 Å². The molecule has 0 bridgehead atoms. The summed E-state index contributed by atoms with van der Waals surface area (Å²) in [5.74, 6) is 0.327. The van der Waals surface area contributed by atoms with E-state index < -0.39 is 0 Å². The van der Waals surface area contributed by atoms with Gasteiger partial charge in [0.1, 0.15) is 23.5 Å². The van der Waals surface area contributed by atoms with Crippen LogP contribution in [-0.2, 0) is 17.8 Å². The Hall–Kier alpha value is -3.15. The molecule has 0 aliphatic carbocycles. The second kappa shape index (κ2) is 8.29. The molecule has 0 atom stereocenters. The van der Waals surface area contributed by atoms with E-state index in [4.69, 9.17) is 9.26 Å². The third kappa shape index (κ3) is 4.47. The molecule has 134 valence electrons. The number of amides is 1. The van der Waals surface area contributed by atoms with Crippen LogP contribution >= 0.6 is 0 Å². The number of hydrogen-bond donors (Lipinski definition) is 1. The molecule has 0 unspecified atom stereocenters. The smallest absolute Gasteiger partial charge is 0.220 e. The van der Waals surface area contributed by atoms with Crippen molar-refractivity contribution in [1.82, 2.24) is 10.5 Å². The molecule has 0 aliphatic heterocycles. The average molecular weight is 354 g/mol. The molecule has 0 saturated carbocycles. The number of benzene rings is 2. The molecule has 1 N–H and O–H groups in total. The Bertz CT molecular complexity index is 892. The van der Waals surface area contributed by atoms with Gasteiger partial charge < -0.3 is 14.6 Å². The Balaban J connectivity index is 1.56. The minimum Gasteiger partial charge on any atom is -0.497 e. The highest BCUT2D eigenvalue weighted by Gasteiger charge is 2.12. The lowest BCUT2D eigenvalue weighted by Crippen LogP contribution is -2.23. The second-order valence-corrected chi connectivity index (χ2v) is 5.83. The molecular formula is C20H19FN2O3. The van der Waals surface area contributed by atoms with Crippen LogP contribution in [0.3, 0.4) is 0 Å². The summed E-state index contributed by atoms with van der Waals surface area (Å²) in [6, 6.07) is 13.7. The number of carbonyl (C=O) groups is 1. The van der Waals surface area contributed by atoms with Gasteiger partial charge in [-0.2, -0.15) is 0 Å². The Morgan fingerprint density at radius 3 is 2.88 bits per heavy atom. The first kappa shape index (κ1) is 17.7. The monoisotopic (exact) mass is 354 g/mol. The summed E-state index contributed by atoms with van der Waals surface area (Å²) in [5, 5.41) is 6.81. The second-order valence-electron chi connectivity index (χ2n) is 5.83. The van der Waals surface area contributed by atoms with Gasteiger partial charge in [0.2, 0.25) is 5.91 Å². The molecule has 2 aromatic carbocycles. The summed E-state index contributed by atoms with van der Waals surface area (Å²) < 4.78 is 23.6. The first-order valence-electron chi connectivity index (χ1n) is 8.24. The predicted octanol–water partition coefficient (Wildman–Crippen LogP) is 3.74. The largest absolute Gasteiger partial charge is 0.497 e. The van der Waals surface area contributed by atoms with Crippen LogP contribution in [-0.4, -0.2) is 18.2 Å². The van der Waals surface area contributed by atoms with Crippen LogP contribution in [0.5, 0.6) is 5.75 Å².